The molecule has 0 fully saturated rings. The molecule has 26 heavy (non-hydrogen) atoms. The average Bonchev–Trinajstić information content (AvgIpc) is 3.17. The maximum atomic E-state index is 12.1. The summed E-state index contributed by atoms with van der Waals surface area (Å²) in [4.78, 5) is 29.7. The van der Waals surface area contributed by atoms with E-state index >= 15 is 0 Å². The van der Waals surface area contributed by atoms with Gasteiger partial charge in [-0.3, -0.25) is 9.59 Å². The fourth-order valence-corrected chi connectivity index (χ4v) is 3.53. The van der Waals surface area contributed by atoms with Crippen LogP contribution >= 0.6 is 34.7 Å². The monoisotopic (exact) mass is 403 g/mol. The standard InChI is InChI=1S/C18H14ClN3O2S2/c19-12-6-7-16(20-10-12)22-17(23)11-26-14-4-1-3-13(9-14)21-18(24)15-5-2-8-25-15/h1-10H,11H2,(H,21,24)(H,20,22,23). The highest BCUT2D eigenvalue weighted by Gasteiger charge is 2.08. The number of pyridine rings is 1. The summed E-state index contributed by atoms with van der Waals surface area (Å²) < 4.78 is 0. The minimum atomic E-state index is -0.169. The Kier molecular flexibility index (Phi) is 6.27. The lowest BCUT2D eigenvalue weighted by Crippen LogP contribution is -2.14. The molecule has 0 bridgehead atoms. The molecule has 0 radical (unpaired) electrons. The van der Waals surface area contributed by atoms with Crippen molar-refractivity contribution >= 4 is 58.0 Å². The molecule has 0 aliphatic heterocycles. The number of aromatic nitrogens is 1. The molecule has 8 heteroatoms. The Morgan fingerprint density at radius 2 is 2.00 bits per heavy atom. The van der Waals surface area contributed by atoms with Crippen LogP contribution < -0.4 is 10.6 Å². The smallest absolute Gasteiger partial charge is 0.265 e. The van der Waals surface area contributed by atoms with Crippen molar-refractivity contribution in [2.24, 2.45) is 0 Å². The topological polar surface area (TPSA) is 71.1 Å². The highest BCUT2D eigenvalue weighted by Crippen LogP contribution is 2.23. The van der Waals surface area contributed by atoms with Crippen molar-refractivity contribution in [1.82, 2.24) is 4.98 Å². The third-order valence-corrected chi connectivity index (χ3v) is 5.29. The highest BCUT2D eigenvalue weighted by atomic mass is 35.5. The summed E-state index contributed by atoms with van der Waals surface area (Å²) in [5.41, 5.74) is 0.688. The number of rotatable bonds is 6. The largest absolute Gasteiger partial charge is 0.321 e. The van der Waals surface area contributed by atoms with Gasteiger partial charge >= 0.3 is 0 Å². The average molecular weight is 404 g/mol. The van der Waals surface area contributed by atoms with Gasteiger partial charge in [-0.2, -0.15) is 0 Å². The molecule has 0 aliphatic rings. The number of nitrogens with zero attached hydrogens (tertiary/aromatic N) is 1. The molecule has 2 heterocycles. The number of amides is 2. The Bertz CT molecular complexity index is 899. The summed E-state index contributed by atoms with van der Waals surface area (Å²) in [6, 6.07) is 14.3. The Morgan fingerprint density at radius 3 is 2.73 bits per heavy atom. The zero-order valence-electron chi connectivity index (χ0n) is 13.4. The molecular weight excluding hydrogens is 390 g/mol. The molecular formula is C18H14ClN3O2S2. The van der Waals surface area contributed by atoms with Gasteiger partial charge in [-0.05, 0) is 41.8 Å². The van der Waals surface area contributed by atoms with Crippen LogP contribution in [0.1, 0.15) is 9.67 Å². The summed E-state index contributed by atoms with van der Waals surface area (Å²) in [7, 11) is 0. The van der Waals surface area contributed by atoms with E-state index in [4.69, 9.17) is 11.6 Å². The van der Waals surface area contributed by atoms with Crippen molar-refractivity contribution in [3.8, 4) is 0 Å². The number of thiophene rings is 1. The molecule has 0 saturated carbocycles. The minimum absolute atomic E-state index is 0.145. The maximum Gasteiger partial charge on any atom is 0.265 e. The van der Waals surface area contributed by atoms with Crippen molar-refractivity contribution in [3.05, 3.63) is 70.0 Å². The first-order valence-corrected chi connectivity index (χ1v) is 9.83. The van der Waals surface area contributed by atoms with E-state index in [-0.39, 0.29) is 17.6 Å². The van der Waals surface area contributed by atoms with Crippen molar-refractivity contribution in [2.45, 2.75) is 4.90 Å². The number of halogens is 1. The maximum absolute atomic E-state index is 12.1. The molecule has 2 aromatic heterocycles. The van der Waals surface area contributed by atoms with E-state index in [0.717, 1.165) is 4.90 Å². The van der Waals surface area contributed by atoms with E-state index in [9.17, 15) is 9.59 Å². The lowest BCUT2D eigenvalue weighted by Gasteiger charge is -2.07. The minimum Gasteiger partial charge on any atom is -0.321 e. The van der Waals surface area contributed by atoms with Crippen LogP contribution in [0.5, 0.6) is 0 Å². The molecule has 3 aromatic rings. The zero-order valence-corrected chi connectivity index (χ0v) is 15.8. The Balaban J connectivity index is 1.54. The lowest BCUT2D eigenvalue weighted by molar-refractivity contribution is -0.113. The Morgan fingerprint density at radius 1 is 1.12 bits per heavy atom. The number of carbonyl (C=O) groups excluding carboxylic acids is 2. The second kappa shape index (κ2) is 8.84. The van der Waals surface area contributed by atoms with E-state index < -0.39 is 0 Å². The van der Waals surface area contributed by atoms with E-state index in [1.165, 1.54) is 29.3 Å². The first-order chi connectivity index (χ1) is 12.6. The van der Waals surface area contributed by atoms with Gasteiger partial charge in [0.25, 0.3) is 5.91 Å². The number of benzene rings is 1. The van der Waals surface area contributed by atoms with Gasteiger partial charge in [-0.1, -0.05) is 23.7 Å². The second-order valence-corrected chi connectivity index (χ2v) is 7.59. The van der Waals surface area contributed by atoms with Crippen LogP contribution in [0.3, 0.4) is 0 Å². The van der Waals surface area contributed by atoms with E-state index in [1.54, 1.807) is 18.2 Å². The molecule has 2 amide bonds. The van der Waals surface area contributed by atoms with Gasteiger partial charge in [0.1, 0.15) is 5.82 Å². The molecule has 1 aromatic carbocycles. The SMILES string of the molecule is O=C(CSc1cccc(NC(=O)c2cccs2)c1)Nc1ccc(Cl)cn1. The molecule has 5 nitrogen and oxygen atoms in total. The number of carbonyl (C=O) groups is 2. The van der Waals surface area contributed by atoms with Crippen LogP contribution in [0.25, 0.3) is 0 Å². The van der Waals surface area contributed by atoms with Crippen LogP contribution in [0.2, 0.25) is 5.02 Å². The third-order valence-electron chi connectivity index (χ3n) is 3.20. The Hall–Kier alpha value is -2.35. The van der Waals surface area contributed by atoms with Gasteiger partial charge in [-0.25, -0.2) is 4.98 Å². The van der Waals surface area contributed by atoms with Gasteiger partial charge in [-0.15, -0.1) is 23.1 Å². The molecule has 0 atom stereocenters. The molecule has 3 rings (SSSR count). The predicted octanol–water partition coefficient (Wildman–Crippen LogP) is 4.78. The van der Waals surface area contributed by atoms with Crippen molar-refractivity contribution in [1.29, 1.82) is 0 Å². The molecule has 132 valence electrons. The van der Waals surface area contributed by atoms with Crippen LogP contribution in [0.4, 0.5) is 11.5 Å². The number of nitrogens with one attached hydrogen (secondary N) is 2. The fraction of sp³-hybridized carbons (Fsp3) is 0.0556. The summed E-state index contributed by atoms with van der Waals surface area (Å²) >= 11 is 8.53. The van der Waals surface area contributed by atoms with Gasteiger partial charge < -0.3 is 10.6 Å². The second-order valence-electron chi connectivity index (χ2n) is 5.16. The van der Waals surface area contributed by atoms with Crippen LogP contribution in [0, 0.1) is 0 Å². The van der Waals surface area contributed by atoms with E-state index in [1.807, 2.05) is 35.7 Å². The van der Waals surface area contributed by atoms with Crippen LogP contribution in [-0.2, 0) is 4.79 Å². The third kappa shape index (κ3) is 5.32. The normalized spacial score (nSPS) is 10.3. The molecule has 2 N–H and O–H groups in total. The van der Waals surface area contributed by atoms with Crippen molar-refractivity contribution in [2.75, 3.05) is 16.4 Å². The van der Waals surface area contributed by atoms with Gasteiger partial charge in [0.15, 0.2) is 0 Å². The number of hydrogen-bond donors (Lipinski definition) is 2. The summed E-state index contributed by atoms with van der Waals surface area (Å²) in [6.07, 6.45) is 1.48. The zero-order chi connectivity index (χ0) is 18.4. The van der Waals surface area contributed by atoms with Crippen molar-refractivity contribution < 1.29 is 9.59 Å². The molecule has 0 unspecified atom stereocenters. The van der Waals surface area contributed by atoms with Gasteiger partial charge in [0.05, 0.1) is 15.7 Å². The quantitative estimate of drug-likeness (QED) is 0.581. The van der Waals surface area contributed by atoms with Crippen molar-refractivity contribution in [3.63, 3.8) is 0 Å². The highest BCUT2D eigenvalue weighted by molar-refractivity contribution is 8.00. The fourth-order valence-electron chi connectivity index (χ4n) is 2.04. The number of hydrogen-bond acceptors (Lipinski definition) is 5. The first-order valence-electron chi connectivity index (χ1n) is 7.59. The number of thioether (sulfide) groups is 1. The molecule has 0 aliphatic carbocycles. The predicted molar refractivity (Wildman–Crippen MR) is 107 cm³/mol. The molecule has 0 spiro atoms. The van der Waals surface area contributed by atoms with Gasteiger partial charge in [0, 0.05) is 16.8 Å². The number of anilines is 2. The first kappa shape index (κ1) is 18.4. The molecule has 0 saturated heterocycles. The summed E-state index contributed by atoms with van der Waals surface area (Å²) in [6.45, 7) is 0. The van der Waals surface area contributed by atoms with E-state index in [2.05, 4.69) is 15.6 Å². The van der Waals surface area contributed by atoms with Gasteiger partial charge in [0.2, 0.25) is 5.91 Å². The lowest BCUT2D eigenvalue weighted by atomic mass is 10.3. The summed E-state index contributed by atoms with van der Waals surface area (Å²) in [5.74, 6) is 0.371. The van der Waals surface area contributed by atoms with Crippen LogP contribution in [0.15, 0.2) is 65.0 Å². The Labute approximate surface area is 163 Å². The van der Waals surface area contributed by atoms with Crippen LogP contribution in [-0.4, -0.2) is 22.6 Å². The van der Waals surface area contributed by atoms with E-state index in [0.29, 0.717) is 21.4 Å². The summed E-state index contributed by atoms with van der Waals surface area (Å²) in [5, 5.41) is 7.93.